The topological polar surface area (TPSA) is 55.2 Å². The molecule has 0 aliphatic rings. The molecule has 0 amide bonds. The number of nitro benzene ring substituents is 1. The van der Waals surface area contributed by atoms with Crippen molar-refractivity contribution in [2.45, 2.75) is 26.9 Å². The van der Waals surface area contributed by atoms with Crippen molar-refractivity contribution in [1.82, 2.24) is 5.32 Å². The van der Waals surface area contributed by atoms with Gasteiger partial charge in [0.05, 0.1) is 4.92 Å². The predicted octanol–water partition coefficient (Wildman–Crippen LogP) is 3.50. The van der Waals surface area contributed by atoms with Gasteiger partial charge in [-0.15, -0.1) is 0 Å². The second kappa shape index (κ2) is 6.30. The third-order valence-corrected chi connectivity index (χ3v) is 3.54. The minimum absolute atomic E-state index is 0.168. The summed E-state index contributed by atoms with van der Waals surface area (Å²) in [7, 11) is 0. The molecule has 0 heterocycles. The molecule has 4 nitrogen and oxygen atoms in total. The van der Waals surface area contributed by atoms with Crippen LogP contribution < -0.4 is 5.32 Å². The van der Waals surface area contributed by atoms with Crippen LogP contribution in [0.5, 0.6) is 0 Å². The van der Waals surface area contributed by atoms with Gasteiger partial charge in [-0.1, -0.05) is 36.4 Å². The van der Waals surface area contributed by atoms with Crippen LogP contribution in [0.2, 0.25) is 0 Å². The first kappa shape index (κ1) is 14.2. The molecule has 2 rings (SSSR count). The number of rotatable bonds is 5. The Kier molecular flexibility index (Phi) is 4.48. The predicted molar refractivity (Wildman–Crippen MR) is 79.6 cm³/mol. The molecule has 104 valence electrons. The highest BCUT2D eigenvalue weighted by molar-refractivity contribution is 5.39. The molecule has 0 saturated carbocycles. The van der Waals surface area contributed by atoms with Gasteiger partial charge in [0, 0.05) is 24.7 Å². The van der Waals surface area contributed by atoms with E-state index in [2.05, 4.69) is 31.3 Å². The fraction of sp³-hybridized carbons (Fsp3) is 0.250. The Morgan fingerprint density at radius 2 is 1.65 bits per heavy atom. The van der Waals surface area contributed by atoms with Crippen LogP contribution >= 0.6 is 0 Å². The normalized spacial score (nSPS) is 10.5. The molecule has 2 aromatic rings. The lowest BCUT2D eigenvalue weighted by molar-refractivity contribution is -0.385. The summed E-state index contributed by atoms with van der Waals surface area (Å²) in [5.74, 6) is 0. The van der Waals surface area contributed by atoms with Gasteiger partial charge < -0.3 is 5.32 Å². The summed E-state index contributed by atoms with van der Waals surface area (Å²) < 4.78 is 0. The molecule has 20 heavy (non-hydrogen) atoms. The largest absolute Gasteiger partial charge is 0.308 e. The fourth-order valence-corrected chi connectivity index (χ4v) is 2.17. The van der Waals surface area contributed by atoms with Crippen molar-refractivity contribution >= 4 is 5.69 Å². The Hall–Kier alpha value is -2.20. The van der Waals surface area contributed by atoms with E-state index in [0.29, 0.717) is 18.7 Å². The quantitative estimate of drug-likeness (QED) is 0.668. The highest BCUT2D eigenvalue weighted by Crippen LogP contribution is 2.18. The summed E-state index contributed by atoms with van der Waals surface area (Å²) in [5.41, 5.74) is 4.63. The van der Waals surface area contributed by atoms with Gasteiger partial charge in [-0.3, -0.25) is 10.1 Å². The number of hydrogen-bond acceptors (Lipinski definition) is 3. The summed E-state index contributed by atoms with van der Waals surface area (Å²) >= 11 is 0. The molecular formula is C16H18N2O2. The molecule has 1 N–H and O–H groups in total. The van der Waals surface area contributed by atoms with Crippen molar-refractivity contribution in [1.29, 1.82) is 0 Å². The van der Waals surface area contributed by atoms with E-state index >= 15 is 0 Å². The number of nitro groups is 1. The highest BCUT2D eigenvalue weighted by atomic mass is 16.6. The molecule has 0 radical (unpaired) electrons. The van der Waals surface area contributed by atoms with Gasteiger partial charge in [-0.2, -0.15) is 0 Å². The lowest BCUT2D eigenvalue weighted by Gasteiger charge is -2.10. The molecule has 0 bridgehead atoms. The van der Waals surface area contributed by atoms with Crippen LogP contribution in [0.3, 0.4) is 0 Å². The summed E-state index contributed by atoms with van der Waals surface area (Å²) in [6, 6.07) is 13.0. The van der Waals surface area contributed by atoms with E-state index in [1.54, 1.807) is 12.1 Å². The van der Waals surface area contributed by atoms with E-state index in [9.17, 15) is 10.1 Å². The van der Waals surface area contributed by atoms with E-state index in [4.69, 9.17) is 0 Å². The molecule has 2 aromatic carbocycles. The molecule has 0 aliphatic carbocycles. The first-order valence-electron chi connectivity index (χ1n) is 6.57. The second-order valence-corrected chi connectivity index (χ2v) is 4.85. The number of benzene rings is 2. The minimum Gasteiger partial charge on any atom is -0.308 e. The van der Waals surface area contributed by atoms with E-state index in [1.807, 2.05) is 12.1 Å². The summed E-state index contributed by atoms with van der Waals surface area (Å²) in [6.45, 7) is 5.38. The monoisotopic (exact) mass is 270 g/mol. The molecule has 0 aromatic heterocycles. The van der Waals surface area contributed by atoms with Crippen LogP contribution in [0.25, 0.3) is 0 Å². The molecule has 0 aliphatic heterocycles. The third-order valence-electron chi connectivity index (χ3n) is 3.54. The molecule has 0 saturated heterocycles. The molecule has 0 atom stereocenters. The molecule has 4 heteroatoms. The van der Waals surface area contributed by atoms with E-state index < -0.39 is 0 Å². The van der Waals surface area contributed by atoms with Gasteiger partial charge >= 0.3 is 0 Å². The Morgan fingerprint density at radius 3 is 2.40 bits per heavy atom. The average Bonchev–Trinajstić information content (AvgIpc) is 2.44. The fourth-order valence-electron chi connectivity index (χ4n) is 2.17. The van der Waals surface area contributed by atoms with Crippen LogP contribution in [-0.2, 0) is 13.1 Å². The van der Waals surface area contributed by atoms with E-state index in [0.717, 1.165) is 0 Å². The standard InChI is InChI=1S/C16H18N2O2/c1-12-6-5-8-14(13(12)2)10-17-11-15-7-3-4-9-16(15)18(19)20/h3-9,17H,10-11H2,1-2H3. The van der Waals surface area contributed by atoms with Gasteiger partial charge in [-0.25, -0.2) is 0 Å². The van der Waals surface area contributed by atoms with Crippen molar-refractivity contribution in [3.63, 3.8) is 0 Å². The summed E-state index contributed by atoms with van der Waals surface area (Å²) in [4.78, 5) is 10.6. The zero-order valence-corrected chi connectivity index (χ0v) is 11.7. The summed E-state index contributed by atoms with van der Waals surface area (Å²) in [5, 5.41) is 14.2. The Labute approximate surface area is 118 Å². The third kappa shape index (κ3) is 3.22. The molecule has 0 fully saturated rings. The Morgan fingerprint density at radius 1 is 1.00 bits per heavy atom. The maximum atomic E-state index is 10.9. The lowest BCUT2D eigenvalue weighted by Crippen LogP contribution is -2.14. The van der Waals surface area contributed by atoms with Crippen molar-refractivity contribution < 1.29 is 4.92 Å². The van der Waals surface area contributed by atoms with Crippen LogP contribution in [0.4, 0.5) is 5.69 Å². The SMILES string of the molecule is Cc1cccc(CNCc2ccccc2[N+](=O)[O-])c1C. The van der Waals surface area contributed by atoms with Gasteiger partial charge in [0.15, 0.2) is 0 Å². The highest BCUT2D eigenvalue weighted by Gasteiger charge is 2.11. The Balaban J connectivity index is 2.03. The van der Waals surface area contributed by atoms with E-state index in [1.165, 1.54) is 22.8 Å². The molecule has 0 spiro atoms. The number of hydrogen-bond donors (Lipinski definition) is 1. The maximum absolute atomic E-state index is 10.9. The van der Waals surface area contributed by atoms with Crippen LogP contribution in [0.1, 0.15) is 22.3 Å². The average molecular weight is 270 g/mol. The first-order valence-corrected chi connectivity index (χ1v) is 6.57. The van der Waals surface area contributed by atoms with Gasteiger partial charge in [0.25, 0.3) is 5.69 Å². The van der Waals surface area contributed by atoms with Crippen molar-refractivity contribution in [3.8, 4) is 0 Å². The van der Waals surface area contributed by atoms with Crippen molar-refractivity contribution in [3.05, 3.63) is 74.8 Å². The van der Waals surface area contributed by atoms with Crippen molar-refractivity contribution in [2.75, 3.05) is 0 Å². The summed E-state index contributed by atoms with van der Waals surface area (Å²) in [6.07, 6.45) is 0. The molecular weight excluding hydrogens is 252 g/mol. The number of nitrogens with zero attached hydrogens (tertiary/aromatic N) is 1. The zero-order chi connectivity index (χ0) is 14.5. The van der Waals surface area contributed by atoms with Gasteiger partial charge in [0.2, 0.25) is 0 Å². The zero-order valence-electron chi connectivity index (χ0n) is 11.7. The number of nitrogens with one attached hydrogen (secondary N) is 1. The minimum atomic E-state index is -0.338. The number of aryl methyl sites for hydroxylation is 1. The number of para-hydroxylation sites is 1. The smallest absolute Gasteiger partial charge is 0.273 e. The molecule has 0 unspecified atom stereocenters. The van der Waals surface area contributed by atoms with Gasteiger partial charge in [0.1, 0.15) is 0 Å². The Bertz CT molecular complexity index is 624. The van der Waals surface area contributed by atoms with E-state index in [-0.39, 0.29) is 10.6 Å². The van der Waals surface area contributed by atoms with Gasteiger partial charge in [-0.05, 0) is 30.5 Å². The van der Waals surface area contributed by atoms with Crippen LogP contribution in [-0.4, -0.2) is 4.92 Å². The van der Waals surface area contributed by atoms with Crippen LogP contribution in [0.15, 0.2) is 42.5 Å². The maximum Gasteiger partial charge on any atom is 0.273 e. The van der Waals surface area contributed by atoms with Crippen LogP contribution in [0, 0.1) is 24.0 Å². The lowest BCUT2D eigenvalue weighted by atomic mass is 10.0. The van der Waals surface area contributed by atoms with Crippen molar-refractivity contribution in [2.24, 2.45) is 0 Å². The first-order chi connectivity index (χ1) is 9.59. The second-order valence-electron chi connectivity index (χ2n) is 4.85.